The summed E-state index contributed by atoms with van der Waals surface area (Å²) in [5, 5.41) is 2.90. The van der Waals surface area contributed by atoms with Gasteiger partial charge in [0.2, 0.25) is 0 Å². The van der Waals surface area contributed by atoms with Gasteiger partial charge in [0.15, 0.2) is 0 Å². The lowest BCUT2D eigenvalue weighted by molar-refractivity contribution is 0.175. The summed E-state index contributed by atoms with van der Waals surface area (Å²) in [5.74, 6) is 0.457. The second-order valence-electron chi connectivity index (χ2n) is 5.81. The Bertz CT molecular complexity index is 644. The van der Waals surface area contributed by atoms with E-state index in [9.17, 15) is 9.18 Å². The highest BCUT2D eigenvalue weighted by Crippen LogP contribution is 2.30. The standard InChI is InChI=1S/C17H21FN4O/c18-14-6-4-5-13(11-14)15-7-2-1-3-10-22(15)17(23)21-12-16-19-8-9-20-16/h4-6,8-9,11,15H,1-3,7,10,12H2,(H,19,20)(H,21,23)/t15-/m0/s1. The molecule has 122 valence electrons. The third-order valence-corrected chi connectivity index (χ3v) is 4.21. The minimum absolute atomic E-state index is 0.0789. The van der Waals surface area contributed by atoms with Crippen LogP contribution in [-0.4, -0.2) is 27.4 Å². The highest BCUT2D eigenvalue weighted by atomic mass is 19.1. The SMILES string of the molecule is O=C(NCc1ncc[nH]1)N1CCCCC[C@H]1c1cccc(F)c1. The minimum Gasteiger partial charge on any atom is -0.347 e. The lowest BCUT2D eigenvalue weighted by atomic mass is 10.0. The van der Waals surface area contributed by atoms with Crippen molar-refractivity contribution in [2.75, 3.05) is 6.54 Å². The van der Waals surface area contributed by atoms with Gasteiger partial charge in [-0.25, -0.2) is 14.2 Å². The summed E-state index contributed by atoms with van der Waals surface area (Å²) in [7, 11) is 0. The van der Waals surface area contributed by atoms with Crippen molar-refractivity contribution < 1.29 is 9.18 Å². The second-order valence-corrected chi connectivity index (χ2v) is 5.81. The molecule has 6 heteroatoms. The predicted octanol–water partition coefficient (Wildman–Crippen LogP) is 3.38. The van der Waals surface area contributed by atoms with Crippen LogP contribution in [0.3, 0.4) is 0 Å². The number of imidazole rings is 1. The van der Waals surface area contributed by atoms with Gasteiger partial charge in [0.05, 0.1) is 12.6 Å². The normalized spacial score (nSPS) is 18.5. The zero-order valence-corrected chi connectivity index (χ0v) is 13.0. The van der Waals surface area contributed by atoms with Gasteiger partial charge in [-0.15, -0.1) is 0 Å². The van der Waals surface area contributed by atoms with Crippen molar-refractivity contribution in [3.63, 3.8) is 0 Å². The fraction of sp³-hybridized carbons (Fsp3) is 0.412. The molecule has 23 heavy (non-hydrogen) atoms. The Hall–Kier alpha value is -2.37. The van der Waals surface area contributed by atoms with Gasteiger partial charge in [-0.1, -0.05) is 25.0 Å². The molecule has 2 N–H and O–H groups in total. The highest BCUT2D eigenvalue weighted by Gasteiger charge is 2.26. The number of nitrogens with one attached hydrogen (secondary N) is 2. The molecule has 0 spiro atoms. The Labute approximate surface area is 134 Å². The summed E-state index contributed by atoms with van der Waals surface area (Å²) >= 11 is 0. The van der Waals surface area contributed by atoms with E-state index < -0.39 is 0 Å². The Morgan fingerprint density at radius 3 is 3.09 bits per heavy atom. The maximum atomic E-state index is 13.6. The van der Waals surface area contributed by atoms with Crippen molar-refractivity contribution in [3.8, 4) is 0 Å². The molecule has 0 saturated carbocycles. The van der Waals surface area contributed by atoms with Gasteiger partial charge in [-0.3, -0.25) is 0 Å². The number of likely N-dealkylation sites (tertiary alicyclic amines) is 1. The first-order chi connectivity index (χ1) is 11.2. The van der Waals surface area contributed by atoms with E-state index >= 15 is 0 Å². The average molecular weight is 316 g/mol. The van der Waals surface area contributed by atoms with Crippen LogP contribution in [-0.2, 0) is 6.54 Å². The molecule has 1 fully saturated rings. The summed E-state index contributed by atoms with van der Waals surface area (Å²) in [6, 6.07) is 6.35. The fourth-order valence-corrected chi connectivity index (χ4v) is 3.07. The van der Waals surface area contributed by atoms with Crippen LogP contribution >= 0.6 is 0 Å². The molecular formula is C17H21FN4O. The number of aromatic nitrogens is 2. The first-order valence-corrected chi connectivity index (χ1v) is 8.02. The molecule has 2 amide bonds. The largest absolute Gasteiger partial charge is 0.347 e. The van der Waals surface area contributed by atoms with Gasteiger partial charge in [0, 0.05) is 18.9 Å². The van der Waals surface area contributed by atoms with Crippen LogP contribution in [0.1, 0.15) is 43.1 Å². The molecule has 1 aliphatic rings. The third-order valence-electron chi connectivity index (χ3n) is 4.21. The van der Waals surface area contributed by atoms with E-state index in [1.165, 1.54) is 12.1 Å². The van der Waals surface area contributed by atoms with Gasteiger partial charge in [0.25, 0.3) is 0 Å². The predicted molar refractivity (Wildman–Crippen MR) is 85.1 cm³/mol. The smallest absolute Gasteiger partial charge is 0.318 e. The van der Waals surface area contributed by atoms with Gasteiger partial charge in [-0.2, -0.15) is 0 Å². The first kappa shape index (κ1) is 15.5. The number of benzene rings is 1. The number of aromatic amines is 1. The first-order valence-electron chi connectivity index (χ1n) is 8.02. The van der Waals surface area contributed by atoms with Gasteiger partial charge in [-0.05, 0) is 30.5 Å². The lowest BCUT2D eigenvalue weighted by Gasteiger charge is -2.30. The number of amides is 2. The minimum atomic E-state index is -0.261. The van der Waals surface area contributed by atoms with Crippen molar-refractivity contribution in [2.24, 2.45) is 0 Å². The van der Waals surface area contributed by atoms with Crippen molar-refractivity contribution >= 4 is 6.03 Å². The van der Waals surface area contributed by atoms with Crippen molar-refractivity contribution in [3.05, 3.63) is 53.9 Å². The summed E-state index contributed by atoms with van der Waals surface area (Å²) in [6.07, 6.45) is 7.35. The van der Waals surface area contributed by atoms with Crippen molar-refractivity contribution in [2.45, 2.75) is 38.3 Å². The number of urea groups is 1. The molecule has 2 aromatic rings. The molecule has 1 saturated heterocycles. The maximum Gasteiger partial charge on any atom is 0.318 e. The van der Waals surface area contributed by atoms with E-state index in [0.29, 0.717) is 13.1 Å². The van der Waals surface area contributed by atoms with Crippen LogP contribution in [0.15, 0.2) is 36.7 Å². The molecule has 1 aliphatic heterocycles. The molecule has 1 aromatic carbocycles. The number of carbonyl (C=O) groups excluding carboxylic acids is 1. The maximum absolute atomic E-state index is 13.6. The third kappa shape index (κ3) is 3.88. The van der Waals surface area contributed by atoms with Gasteiger partial charge < -0.3 is 15.2 Å². The molecule has 3 rings (SSSR count). The molecule has 0 unspecified atom stereocenters. The zero-order chi connectivity index (χ0) is 16.1. The monoisotopic (exact) mass is 316 g/mol. The topological polar surface area (TPSA) is 61.0 Å². The molecule has 0 bridgehead atoms. The van der Waals surface area contributed by atoms with E-state index in [1.54, 1.807) is 18.5 Å². The van der Waals surface area contributed by atoms with E-state index in [2.05, 4.69) is 15.3 Å². The van der Waals surface area contributed by atoms with E-state index in [1.807, 2.05) is 11.0 Å². The fourth-order valence-electron chi connectivity index (χ4n) is 3.07. The van der Waals surface area contributed by atoms with Gasteiger partial charge >= 0.3 is 6.03 Å². The summed E-state index contributed by atoms with van der Waals surface area (Å²) < 4.78 is 13.6. The Kier molecular flexibility index (Phi) is 4.90. The van der Waals surface area contributed by atoms with E-state index in [-0.39, 0.29) is 17.9 Å². The summed E-state index contributed by atoms with van der Waals surface area (Å²) in [5.41, 5.74) is 0.861. The quantitative estimate of drug-likeness (QED) is 0.912. The van der Waals surface area contributed by atoms with Crippen LogP contribution < -0.4 is 5.32 Å². The number of hydrogen-bond donors (Lipinski definition) is 2. The molecule has 0 radical (unpaired) electrons. The highest BCUT2D eigenvalue weighted by molar-refractivity contribution is 5.74. The van der Waals surface area contributed by atoms with E-state index in [4.69, 9.17) is 0 Å². The van der Waals surface area contributed by atoms with Gasteiger partial charge in [0.1, 0.15) is 11.6 Å². The van der Waals surface area contributed by atoms with Crippen LogP contribution in [0.25, 0.3) is 0 Å². The number of rotatable bonds is 3. The average Bonchev–Trinajstić information content (AvgIpc) is 2.95. The van der Waals surface area contributed by atoms with Crippen LogP contribution in [0.2, 0.25) is 0 Å². The molecule has 1 atom stereocenters. The number of carbonyl (C=O) groups is 1. The van der Waals surface area contributed by atoms with Crippen molar-refractivity contribution in [1.82, 2.24) is 20.2 Å². The number of H-pyrrole nitrogens is 1. The summed E-state index contributed by atoms with van der Waals surface area (Å²) in [6.45, 7) is 1.05. The lowest BCUT2D eigenvalue weighted by Crippen LogP contribution is -2.42. The number of nitrogens with zero attached hydrogens (tertiary/aromatic N) is 2. The molecule has 0 aliphatic carbocycles. The number of halogens is 1. The molecule has 1 aromatic heterocycles. The number of hydrogen-bond acceptors (Lipinski definition) is 2. The van der Waals surface area contributed by atoms with E-state index in [0.717, 1.165) is 37.1 Å². The Morgan fingerprint density at radius 2 is 2.30 bits per heavy atom. The summed E-state index contributed by atoms with van der Waals surface area (Å²) in [4.78, 5) is 21.5. The Morgan fingerprint density at radius 1 is 1.39 bits per heavy atom. The van der Waals surface area contributed by atoms with Crippen molar-refractivity contribution in [1.29, 1.82) is 0 Å². The zero-order valence-electron chi connectivity index (χ0n) is 13.0. The van der Waals surface area contributed by atoms with Crippen LogP contribution in [0, 0.1) is 5.82 Å². The van der Waals surface area contributed by atoms with Crippen LogP contribution in [0.4, 0.5) is 9.18 Å². The molecule has 2 heterocycles. The Balaban J connectivity index is 1.74. The molecular weight excluding hydrogens is 295 g/mol. The second kappa shape index (κ2) is 7.26. The molecule has 5 nitrogen and oxygen atoms in total. The van der Waals surface area contributed by atoms with Crippen LogP contribution in [0.5, 0.6) is 0 Å².